The molecule has 0 spiro atoms. The van der Waals surface area contributed by atoms with Crippen LogP contribution in [-0.4, -0.2) is 49.9 Å². The van der Waals surface area contributed by atoms with Gasteiger partial charge in [-0.3, -0.25) is 9.59 Å². The SMILES string of the molecule is CN(CC1CCCNC1)C(=O)C1CNC(=O)C1. The number of piperidine rings is 1. The minimum atomic E-state index is -0.149. The second-order valence-electron chi connectivity index (χ2n) is 5.14. The van der Waals surface area contributed by atoms with E-state index in [2.05, 4.69) is 10.6 Å². The largest absolute Gasteiger partial charge is 0.355 e. The molecule has 0 aromatic rings. The average Bonchev–Trinajstić information content (AvgIpc) is 2.76. The van der Waals surface area contributed by atoms with Crippen LogP contribution in [0.3, 0.4) is 0 Å². The number of carbonyl (C=O) groups excluding carboxylic acids is 2. The van der Waals surface area contributed by atoms with E-state index in [0.29, 0.717) is 18.9 Å². The quantitative estimate of drug-likeness (QED) is 0.703. The van der Waals surface area contributed by atoms with Crippen molar-refractivity contribution >= 4 is 11.8 Å². The van der Waals surface area contributed by atoms with Crippen LogP contribution >= 0.6 is 0 Å². The Hall–Kier alpha value is -1.10. The van der Waals surface area contributed by atoms with Gasteiger partial charge >= 0.3 is 0 Å². The van der Waals surface area contributed by atoms with E-state index < -0.39 is 0 Å². The predicted molar refractivity (Wildman–Crippen MR) is 64.3 cm³/mol. The Bertz CT molecular complexity index is 300. The Kier molecular flexibility index (Phi) is 3.99. The zero-order chi connectivity index (χ0) is 12.3. The summed E-state index contributed by atoms with van der Waals surface area (Å²) in [5.74, 6) is 0.511. The van der Waals surface area contributed by atoms with Crippen molar-refractivity contribution in [3.05, 3.63) is 0 Å². The molecule has 0 aromatic heterocycles. The molecular weight excluding hydrogens is 218 g/mol. The van der Waals surface area contributed by atoms with Gasteiger partial charge in [0.25, 0.3) is 0 Å². The van der Waals surface area contributed by atoms with Crippen molar-refractivity contribution < 1.29 is 9.59 Å². The lowest BCUT2D eigenvalue weighted by Gasteiger charge is -2.28. The molecule has 2 unspecified atom stereocenters. The summed E-state index contributed by atoms with van der Waals surface area (Å²) in [7, 11) is 1.85. The van der Waals surface area contributed by atoms with Crippen molar-refractivity contribution in [1.29, 1.82) is 0 Å². The van der Waals surface area contributed by atoms with Crippen molar-refractivity contribution in [3.8, 4) is 0 Å². The molecule has 5 nitrogen and oxygen atoms in total. The van der Waals surface area contributed by atoms with Crippen LogP contribution in [0.5, 0.6) is 0 Å². The highest BCUT2D eigenvalue weighted by atomic mass is 16.2. The van der Waals surface area contributed by atoms with Gasteiger partial charge in [-0.1, -0.05) is 0 Å². The van der Waals surface area contributed by atoms with E-state index in [1.165, 1.54) is 12.8 Å². The first-order chi connectivity index (χ1) is 8.16. The van der Waals surface area contributed by atoms with Gasteiger partial charge < -0.3 is 15.5 Å². The van der Waals surface area contributed by atoms with Crippen LogP contribution in [-0.2, 0) is 9.59 Å². The Morgan fingerprint density at radius 1 is 1.47 bits per heavy atom. The summed E-state index contributed by atoms with van der Waals surface area (Å²) in [6.45, 7) is 3.40. The van der Waals surface area contributed by atoms with Crippen molar-refractivity contribution in [2.45, 2.75) is 19.3 Å². The monoisotopic (exact) mass is 239 g/mol. The van der Waals surface area contributed by atoms with Crippen LogP contribution in [0.2, 0.25) is 0 Å². The van der Waals surface area contributed by atoms with Crippen molar-refractivity contribution in [2.75, 3.05) is 33.2 Å². The standard InChI is InChI=1S/C12H21N3O2/c1-15(8-9-3-2-4-13-6-9)12(17)10-5-11(16)14-7-10/h9-10,13H,2-8H2,1H3,(H,14,16). The van der Waals surface area contributed by atoms with Crippen molar-refractivity contribution in [3.63, 3.8) is 0 Å². The van der Waals surface area contributed by atoms with Crippen LogP contribution in [0.1, 0.15) is 19.3 Å². The van der Waals surface area contributed by atoms with Crippen molar-refractivity contribution in [1.82, 2.24) is 15.5 Å². The van der Waals surface area contributed by atoms with Gasteiger partial charge in [-0.25, -0.2) is 0 Å². The first kappa shape index (κ1) is 12.4. The van der Waals surface area contributed by atoms with Crippen LogP contribution < -0.4 is 10.6 Å². The third-order valence-electron chi connectivity index (χ3n) is 3.63. The zero-order valence-electron chi connectivity index (χ0n) is 10.4. The van der Waals surface area contributed by atoms with Gasteiger partial charge in [-0.05, 0) is 31.8 Å². The molecule has 0 saturated carbocycles. The normalized spacial score (nSPS) is 28.9. The molecule has 0 aliphatic carbocycles. The topological polar surface area (TPSA) is 61.4 Å². The van der Waals surface area contributed by atoms with E-state index >= 15 is 0 Å². The molecule has 17 heavy (non-hydrogen) atoms. The Labute approximate surface area is 102 Å². The van der Waals surface area contributed by atoms with Crippen LogP contribution in [0.4, 0.5) is 0 Å². The number of nitrogens with one attached hydrogen (secondary N) is 2. The molecule has 2 aliphatic rings. The van der Waals surface area contributed by atoms with Gasteiger partial charge in [-0.2, -0.15) is 0 Å². The third-order valence-corrected chi connectivity index (χ3v) is 3.63. The van der Waals surface area contributed by atoms with Gasteiger partial charge in [0.05, 0.1) is 5.92 Å². The summed E-state index contributed by atoms with van der Waals surface area (Å²) in [6.07, 6.45) is 2.73. The maximum absolute atomic E-state index is 12.1. The van der Waals surface area contributed by atoms with E-state index in [4.69, 9.17) is 0 Å². The second-order valence-corrected chi connectivity index (χ2v) is 5.14. The maximum atomic E-state index is 12.1. The molecule has 2 rings (SSSR count). The van der Waals surface area contributed by atoms with E-state index in [0.717, 1.165) is 19.6 Å². The summed E-state index contributed by atoms with van der Waals surface area (Å²) in [6, 6.07) is 0. The fourth-order valence-electron chi connectivity index (χ4n) is 2.65. The fraction of sp³-hybridized carbons (Fsp3) is 0.833. The summed E-state index contributed by atoms with van der Waals surface area (Å²) in [5, 5.41) is 6.06. The van der Waals surface area contributed by atoms with Gasteiger partial charge in [0.1, 0.15) is 0 Å². The van der Waals surface area contributed by atoms with E-state index in [1.807, 2.05) is 7.05 Å². The summed E-state index contributed by atoms with van der Waals surface area (Å²) in [4.78, 5) is 25.0. The summed E-state index contributed by atoms with van der Waals surface area (Å²) < 4.78 is 0. The van der Waals surface area contributed by atoms with Gasteiger partial charge in [0.2, 0.25) is 11.8 Å². The van der Waals surface area contributed by atoms with Gasteiger partial charge in [-0.15, -0.1) is 0 Å². The number of nitrogens with zero attached hydrogens (tertiary/aromatic N) is 1. The first-order valence-corrected chi connectivity index (χ1v) is 6.39. The van der Waals surface area contributed by atoms with E-state index in [-0.39, 0.29) is 17.7 Å². The Balaban J connectivity index is 1.80. The smallest absolute Gasteiger partial charge is 0.227 e. The number of hydrogen-bond acceptors (Lipinski definition) is 3. The Morgan fingerprint density at radius 2 is 2.29 bits per heavy atom. The Morgan fingerprint density at radius 3 is 2.88 bits per heavy atom. The lowest BCUT2D eigenvalue weighted by Crippen LogP contribution is -2.41. The van der Waals surface area contributed by atoms with E-state index in [9.17, 15) is 9.59 Å². The van der Waals surface area contributed by atoms with Crippen LogP contribution in [0, 0.1) is 11.8 Å². The minimum absolute atomic E-state index is 0.00363. The fourth-order valence-corrected chi connectivity index (χ4v) is 2.65. The minimum Gasteiger partial charge on any atom is -0.355 e. The molecule has 0 bridgehead atoms. The molecule has 2 fully saturated rings. The molecule has 0 radical (unpaired) electrons. The second kappa shape index (κ2) is 5.49. The van der Waals surface area contributed by atoms with Crippen LogP contribution in [0.25, 0.3) is 0 Å². The highest BCUT2D eigenvalue weighted by Crippen LogP contribution is 2.15. The molecule has 2 atom stereocenters. The van der Waals surface area contributed by atoms with Gasteiger partial charge in [0, 0.05) is 26.6 Å². The number of carbonyl (C=O) groups is 2. The summed E-state index contributed by atoms with van der Waals surface area (Å²) >= 11 is 0. The number of hydrogen-bond donors (Lipinski definition) is 2. The highest BCUT2D eigenvalue weighted by molar-refractivity contribution is 5.89. The highest BCUT2D eigenvalue weighted by Gasteiger charge is 2.30. The molecule has 2 N–H and O–H groups in total. The van der Waals surface area contributed by atoms with Crippen LogP contribution in [0.15, 0.2) is 0 Å². The summed E-state index contributed by atoms with van der Waals surface area (Å²) in [5.41, 5.74) is 0. The molecule has 2 saturated heterocycles. The molecule has 2 heterocycles. The first-order valence-electron chi connectivity index (χ1n) is 6.39. The lowest BCUT2D eigenvalue weighted by atomic mass is 9.98. The maximum Gasteiger partial charge on any atom is 0.227 e. The molecule has 96 valence electrons. The molecular formula is C12H21N3O2. The van der Waals surface area contributed by atoms with Gasteiger partial charge in [0.15, 0.2) is 0 Å². The molecule has 2 aliphatic heterocycles. The number of rotatable bonds is 3. The predicted octanol–water partition coefficient (Wildman–Crippen LogP) is -0.419. The molecule has 2 amide bonds. The number of amides is 2. The van der Waals surface area contributed by atoms with E-state index in [1.54, 1.807) is 4.90 Å². The molecule has 0 aromatic carbocycles. The molecule has 5 heteroatoms. The lowest BCUT2D eigenvalue weighted by molar-refractivity contribution is -0.135. The van der Waals surface area contributed by atoms with Crippen molar-refractivity contribution in [2.24, 2.45) is 11.8 Å². The average molecular weight is 239 g/mol. The zero-order valence-corrected chi connectivity index (χ0v) is 10.4. The third kappa shape index (κ3) is 3.19.